The molecule has 39 heavy (non-hydrogen) atoms. The quantitative estimate of drug-likeness (QED) is 0.0399. The van der Waals surface area contributed by atoms with Crippen molar-refractivity contribution in [2.24, 2.45) is 17.3 Å². The number of benzene rings is 2. The van der Waals surface area contributed by atoms with Crippen LogP contribution >= 0.6 is 0 Å². The van der Waals surface area contributed by atoms with Gasteiger partial charge in [0.05, 0.1) is 6.54 Å². The van der Waals surface area contributed by atoms with Gasteiger partial charge in [-0.05, 0) is 54.5 Å². The van der Waals surface area contributed by atoms with Crippen molar-refractivity contribution in [2.75, 3.05) is 6.54 Å². The van der Waals surface area contributed by atoms with Crippen LogP contribution in [0.15, 0.2) is 48.5 Å². The van der Waals surface area contributed by atoms with Gasteiger partial charge in [0.1, 0.15) is 15.9 Å². The standard InChI is InChI=1S/C26H36N8O5/c1-2-3-5-19-11-13-22(14-12-19)25(36)32(17-21-9-7-20(8-10-21)16-31-26(28)37)23(24(27)35)6-4-15-30-18-33(29)34(38)39/h7-14,18,23H,2-6,15-17,29H2,1H3,(H5,27,28,31,35,37)/p+1/t23-/m1/s1. The summed E-state index contributed by atoms with van der Waals surface area (Å²) in [6.45, 7) is 2.75. The highest BCUT2D eigenvalue weighted by molar-refractivity contribution is 5.97. The predicted octanol–water partition coefficient (Wildman–Crippen LogP) is 1.17. The van der Waals surface area contributed by atoms with Gasteiger partial charge >= 0.3 is 12.4 Å². The number of hydrazone groups is 2. The molecule has 2 rings (SSSR count). The van der Waals surface area contributed by atoms with Crippen LogP contribution in [0.3, 0.4) is 0 Å². The summed E-state index contributed by atoms with van der Waals surface area (Å²) < 4.78 is 0. The Morgan fingerprint density at radius 2 is 1.62 bits per heavy atom. The number of hydrogen-bond donors (Lipinski definition) is 5. The highest BCUT2D eigenvalue weighted by atomic mass is 16.7. The Hall–Kier alpha value is -4.68. The summed E-state index contributed by atoms with van der Waals surface area (Å²) in [5, 5.41) is 15.0. The second-order valence-corrected chi connectivity index (χ2v) is 9.03. The summed E-state index contributed by atoms with van der Waals surface area (Å²) in [5.41, 5.74) is 14.0. The Morgan fingerprint density at radius 1 is 1.00 bits per heavy atom. The Balaban J connectivity index is 2.24. The van der Waals surface area contributed by atoms with Crippen molar-refractivity contribution >= 4 is 24.2 Å². The molecule has 0 bridgehead atoms. The first-order valence-electron chi connectivity index (χ1n) is 12.7. The highest BCUT2D eigenvalue weighted by Crippen LogP contribution is 2.18. The molecular formula is C26H37N8O5+. The number of nitro groups is 1. The van der Waals surface area contributed by atoms with E-state index >= 15 is 0 Å². The lowest BCUT2D eigenvalue weighted by Crippen LogP contribution is -2.47. The molecule has 2 aromatic carbocycles. The maximum atomic E-state index is 13.7. The van der Waals surface area contributed by atoms with E-state index in [0.717, 1.165) is 42.3 Å². The number of urea groups is 1. The zero-order valence-electron chi connectivity index (χ0n) is 22.0. The fourth-order valence-corrected chi connectivity index (χ4v) is 3.89. The number of nitrogens with two attached hydrogens (primary N) is 3. The van der Waals surface area contributed by atoms with Crippen molar-refractivity contribution in [3.05, 3.63) is 80.9 Å². The van der Waals surface area contributed by atoms with E-state index in [2.05, 4.69) is 17.6 Å². The molecule has 8 N–H and O–H groups in total. The molecule has 0 aromatic heterocycles. The second kappa shape index (κ2) is 15.5. The molecule has 0 fully saturated rings. The maximum absolute atomic E-state index is 13.7. The molecule has 0 saturated heterocycles. The van der Waals surface area contributed by atoms with Crippen molar-refractivity contribution in [3.8, 4) is 0 Å². The molecular weight excluding hydrogens is 504 g/mol. The van der Waals surface area contributed by atoms with Gasteiger partial charge in [0, 0.05) is 18.7 Å². The van der Waals surface area contributed by atoms with Gasteiger partial charge in [-0.15, -0.1) is 5.84 Å². The largest absolute Gasteiger partial charge is 0.368 e. The van der Waals surface area contributed by atoms with Gasteiger partial charge in [-0.3, -0.25) is 14.9 Å². The first kappa shape index (κ1) is 30.5. The van der Waals surface area contributed by atoms with Crippen LogP contribution in [0.25, 0.3) is 0 Å². The van der Waals surface area contributed by atoms with Gasteiger partial charge in [-0.1, -0.05) is 49.7 Å². The number of primary amides is 2. The number of hydrogen-bond acceptors (Lipinski definition) is 6. The topological polar surface area (TPSA) is 203 Å². The molecule has 2 aromatic rings. The smallest absolute Gasteiger partial charge is 0.327 e. The SMILES string of the molecule is CCCCc1ccc(C(=O)N(Cc2ccc(CNC(N)=O)cc2)[C@H](CCCNC=[N+](N)[N+](=O)[O-])C(N)=O)cc1. The summed E-state index contributed by atoms with van der Waals surface area (Å²) >= 11 is 0. The third-order valence-corrected chi connectivity index (χ3v) is 6.04. The molecule has 0 radical (unpaired) electrons. The fraction of sp³-hybridized carbons (Fsp3) is 0.385. The zero-order chi connectivity index (χ0) is 28.8. The molecule has 0 aliphatic heterocycles. The van der Waals surface area contributed by atoms with Gasteiger partial charge in [0.15, 0.2) is 0 Å². The Labute approximate surface area is 227 Å². The summed E-state index contributed by atoms with van der Waals surface area (Å²) in [6, 6.07) is 12.9. The number of carbonyl (C=O) groups is 3. The zero-order valence-corrected chi connectivity index (χ0v) is 22.0. The lowest BCUT2D eigenvalue weighted by atomic mass is 10.0. The van der Waals surface area contributed by atoms with Gasteiger partial charge in [0.2, 0.25) is 5.91 Å². The van der Waals surface area contributed by atoms with Crippen molar-refractivity contribution in [1.82, 2.24) is 15.5 Å². The minimum atomic E-state index is -0.931. The number of rotatable bonds is 16. The molecule has 0 aliphatic carbocycles. The summed E-state index contributed by atoms with van der Waals surface area (Å²) in [5.74, 6) is 4.18. The first-order chi connectivity index (χ1) is 18.6. The number of nitrogens with one attached hydrogen (secondary N) is 2. The monoisotopic (exact) mass is 541 g/mol. The fourth-order valence-electron chi connectivity index (χ4n) is 3.89. The second-order valence-electron chi connectivity index (χ2n) is 9.03. The summed E-state index contributed by atoms with van der Waals surface area (Å²) in [4.78, 5) is 49.5. The van der Waals surface area contributed by atoms with Crippen LogP contribution in [0.1, 0.15) is 59.7 Å². The number of aryl methyl sites for hydroxylation is 1. The van der Waals surface area contributed by atoms with Gasteiger partial charge < -0.3 is 31.8 Å². The van der Waals surface area contributed by atoms with E-state index in [4.69, 9.17) is 17.3 Å². The number of amides is 4. The van der Waals surface area contributed by atoms with E-state index < -0.39 is 23.0 Å². The molecule has 0 unspecified atom stereocenters. The normalized spacial score (nSPS) is 11.9. The molecule has 4 amide bonds. The Morgan fingerprint density at radius 3 is 2.18 bits per heavy atom. The van der Waals surface area contributed by atoms with E-state index in [1.807, 2.05) is 12.1 Å². The van der Waals surface area contributed by atoms with Crippen LogP contribution in [0.5, 0.6) is 0 Å². The number of unbranched alkanes of at least 4 members (excludes halogenated alkanes) is 1. The molecule has 13 heteroatoms. The number of carbonyl (C=O) groups excluding carboxylic acids is 3. The minimum Gasteiger partial charge on any atom is -0.368 e. The third kappa shape index (κ3) is 10.3. The summed E-state index contributed by atoms with van der Waals surface area (Å²) in [7, 11) is 0. The summed E-state index contributed by atoms with van der Waals surface area (Å²) in [6.07, 6.45) is 4.62. The van der Waals surface area contributed by atoms with E-state index in [-0.39, 0.29) is 36.8 Å². The van der Waals surface area contributed by atoms with E-state index in [1.54, 1.807) is 36.4 Å². The van der Waals surface area contributed by atoms with Gasteiger partial charge in [-0.25, -0.2) is 4.79 Å². The van der Waals surface area contributed by atoms with Crippen molar-refractivity contribution < 1.29 is 24.2 Å². The van der Waals surface area contributed by atoms with Crippen LogP contribution in [0, 0.1) is 10.1 Å². The van der Waals surface area contributed by atoms with Crippen LogP contribution in [-0.4, -0.2) is 51.5 Å². The van der Waals surface area contributed by atoms with E-state index in [0.29, 0.717) is 12.0 Å². The maximum Gasteiger partial charge on any atom is 0.327 e. The Bertz CT molecular complexity index is 1150. The molecule has 0 saturated carbocycles. The van der Waals surface area contributed by atoms with E-state index in [9.17, 15) is 24.5 Å². The number of hydrazine groups is 2. The average molecular weight is 542 g/mol. The van der Waals surface area contributed by atoms with Gasteiger partial charge in [0.25, 0.3) is 5.91 Å². The van der Waals surface area contributed by atoms with E-state index in [1.165, 1.54) is 4.90 Å². The van der Waals surface area contributed by atoms with Crippen LogP contribution in [0.4, 0.5) is 4.79 Å². The van der Waals surface area contributed by atoms with Crippen molar-refractivity contribution in [2.45, 2.75) is 58.2 Å². The molecule has 0 aliphatic rings. The van der Waals surface area contributed by atoms with Crippen LogP contribution in [-0.2, 0) is 24.3 Å². The molecule has 13 nitrogen and oxygen atoms in total. The minimum absolute atomic E-state index is 0.116. The van der Waals surface area contributed by atoms with Crippen LogP contribution in [0.2, 0.25) is 0 Å². The highest BCUT2D eigenvalue weighted by Gasteiger charge is 2.29. The lowest BCUT2D eigenvalue weighted by molar-refractivity contribution is -1.10. The van der Waals surface area contributed by atoms with Gasteiger partial charge in [-0.2, -0.15) is 0 Å². The molecule has 0 spiro atoms. The molecule has 210 valence electrons. The van der Waals surface area contributed by atoms with Crippen molar-refractivity contribution in [3.63, 3.8) is 0 Å². The van der Waals surface area contributed by atoms with Crippen molar-refractivity contribution in [1.29, 1.82) is 0 Å². The predicted molar refractivity (Wildman–Crippen MR) is 146 cm³/mol. The third-order valence-electron chi connectivity index (χ3n) is 6.04. The van der Waals surface area contributed by atoms with Crippen LogP contribution < -0.4 is 27.9 Å². The Kier molecular flexibility index (Phi) is 12.2. The molecule has 1 atom stereocenters. The molecule has 0 heterocycles. The number of nitrogens with zero attached hydrogens (tertiary/aromatic N) is 3. The lowest BCUT2D eigenvalue weighted by Gasteiger charge is -2.30. The first-order valence-corrected chi connectivity index (χ1v) is 12.7. The average Bonchev–Trinajstić information content (AvgIpc) is 2.91.